The highest BCUT2D eigenvalue weighted by molar-refractivity contribution is 5.72. The molecule has 6 heteroatoms. The van der Waals surface area contributed by atoms with Crippen LogP contribution in [0.5, 0.6) is 0 Å². The summed E-state index contributed by atoms with van der Waals surface area (Å²) < 4.78 is 5.22. The molecule has 6 nitrogen and oxygen atoms in total. The normalized spacial score (nSPS) is 10.6. The number of ether oxygens (including phenoxy) is 1. The molecule has 0 bridgehead atoms. The van der Waals surface area contributed by atoms with Crippen molar-refractivity contribution in [2.45, 2.75) is 19.8 Å². The van der Waals surface area contributed by atoms with Gasteiger partial charge in [-0.15, -0.1) is 0 Å². The van der Waals surface area contributed by atoms with Gasteiger partial charge < -0.3 is 14.9 Å². The van der Waals surface area contributed by atoms with E-state index in [-0.39, 0.29) is 13.1 Å². The van der Waals surface area contributed by atoms with E-state index in [1.165, 1.54) is 4.90 Å². The van der Waals surface area contributed by atoms with Crippen molar-refractivity contribution in [1.82, 2.24) is 4.90 Å². The minimum absolute atomic E-state index is 0.250. The molecule has 0 radical (unpaired) electrons. The van der Waals surface area contributed by atoms with E-state index in [1.807, 2.05) is 6.92 Å². The largest absolute Gasteiger partial charge is 0.480 e. The fourth-order valence-corrected chi connectivity index (χ4v) is 1.23. The SMILES string of the molecule is CCCOCCCN(CC(=O)O)CC(=O)O. The van der Waals surface area contributed by atoms with Crippen LogP contribution in [-0.4, -0.2) is 59.9 Å². The van der Waals surface area contributed by atoms with E-state index in [2.05, 4.69) is 0 Å². The molecule has 94 valence electrons. The number of hydrogen-bond acceptors (Lipinski definition) is 4. The van der Waals surface area contributed by atoms with Gasteiger partial charge in [0.2, 0.25) is 0 Å². The number of aliphatic carboxylic acids is 2. The summed E-state index contributed by atoms with van der Waals surface area (Å²) in [5.41, 5.74) is 0. The molecule has 0 spiro atoms. The Balaban J connectivity index is 3.73. The topological polar surface area (TPSA) is 87.1 Å². The number of hydrogen-bond donors (Lipinski definition) is 2. The third-order valence-corrected chi connectivity index (χ3v) is 1.83. The van der Waals surface area contributed by atoms with Gasteiger partial charge in [-0.05, 0) is 12.8 Å². The number of carboxylic acids is 2. The predicted molar refractivity (Wildman–Crippen MR) is 57.4 cm³/mol. The van der Waals surface area contributed by atoms with Crippen LogP contribution >= 0.6 is 0 Å². The van der Waals surface area contributed by atoms with Crippen LogP contribution in [0.1, 0.15) is 19.8 Å². The van der Waals surface area contributed by atoms with Crippen LogP contribution in [0.3, 0.4) is 0 Å². The Morgan fingerprint density at radius 3 is 2.12 bits per heavy atom. The maximum absolute atomic E-state index is 10.5. The predicted octanol–water partition coefficient (Wildman–Crippen LogP) is 0.274. The van der Waals surface area contributed by atoms with Crippen LogP contribution in [0.25, 0.3) is 0 Å². The molecule has 16 heavy (non-hydrogen) atoms. The van der Waals surface area contributed by atoms with E-state index >= 15 is 0 Å². The second-order valence-corrected chi connectivity index (χ2v) is 3.46. The average molecular weight is 233 g/mol. The van der Waals surface area contributed by atoms with E-state index in [4.69, 9.17) is 14.9 Å². The summed E-state index contributed by atoms with van der Waals surface area (Å²) in [6.07, 6.45) is 1.58. The van der Waals surface area contributed by atoms with Gasteiger partial charge in [-0.1, -0.05) is 6.92 Å². The zero-order chi connectivity index (χ0) is 12.4. The van der Waals surface area contributed by atoms with Crippen molar-refractivity contribution >= 4 is 11.9 Å². The number of rotatable bonds is 10. The zero-order valence-electron chi connectivity index (χ0n) is 9.52. The molecule has 0 atom stereocenters. The number of carboxylic acid groups (broad SMARTS) is 2. The fraction of sp³-hybridized carbons (Fsp3) is 0.800. The lowest BCUT2D eigenvalue weighted by Gasteiger charge is -2.17. The van der Waals surface area contributed by atoms with E-state index in [1.54, 1.807) is 0 Å². The average Bonchev–Trinajstić information content (AvgIpc) is 2.15. The van der Waals surface area contributed by atoms with Crippen molar-refractivity contribution in [2.75, 3.05) is 32.8 Å². The van der Waals surface area contributed by atoms with E-state index in [0.29, 0.717) is 26.2 Å². The Hall–Kier alpha value is -1.14. The van der Waals surface area contributed by atoms with Gasteiger partial charge in [0.05, 0.1) is 13.1 Å². The van der Waals surface area contributed by atoms with Crippen molar-refractivity contribution in [3.63, 3.8) is 0 Å². The Morgan fingerprint density at radius 1 is 1.12 bits per heavy atom. The maximum Gasteiger partial charge on any atom is 0.317 e. The van der Waals surface area contributed by atoms with Crippen molar-refractivity contribution in [2.24, 2.45) is 0 Å². The number of carbonyl (C=O) groups is 2. The molecule has 0 aromatic rings. The lowest BCUT2D eigenvalue weighted by molar-refractivity contribution is -0.141. The van der Waals surface area contributed by atoms with E-state index < -0.39 is 11.9 Å². The molecule has 0 heterocycles. The van der Waals surface area contributed by atoms with Gasteiger partial charge in [0.25, 0.3) is 0 Å². The van der Waals surface area contributed by atoms with Crippen molar-refractivity contribution < 1.29 is 24.5 Å². The quantitative estimate of drug-likeness (QED) is 0.527. The summed E-state index contributed by atoms with van der Waals surface area (Å²) >= 11 is 0. The molecule has 0 aromatic carbocycles. The summed E-state index contributed by atoms with van der Waals surface area (Å²) in [6, 6.07) is 0. The smallest absolute Gasteiger partial charge is 0.317 e. The Kier molecular flexibility index (Phi) is 8.46. The van der Waals surface area contributed by atoms with Crippen molar-refractivity contribution in [1.29, 1.82) is 0 Å². The highest BCUT2D eigenvalue weighted by Gasteiger charge is 2.12. The second-order valence-electron chi connectivity index (χ2n) is 3.46. The van der Waals surface area contributed by atoms with Crippen LogP contribution in [-0.2, 0) is 14.3 Å². The van der Waals surface area contributed by atoms with E-state index in [0.717, 1.165) is 6.42 Å². The minimum Gasteiger partial charge on any atom is -0.480 e. The Bertz CT molecular complexity index is 203. The molecule has 0 aromatic heterocycles. The molecule has 2 N–H and O–H groups in total. The van der Waals surface area contributed by atoms with Crippen LogP contribution in [0, 0.1) is 0 Å². The highest BCUT2D eigenvalue weighted by atomic mass is 16.5. The monoisotopic (exact) mass is 233 g/mol. The van der Waals surface area contributed by atoms with Gasteiger partial charge in [-0.25, -0.2) is 0 Å². The summed E-state index contributed by atoms with van der Waals surface area (Å²) in [5, 5.41) is 17.1. The lowest BCUT2D eigenvalue weighted by Crippen LogP contribution is -2.35. The first-order valence-electron chi connectivity index (χ1n) is 5.30. The molecule has 0 unspecified atom stereocenters. The first kappa shape index (κ1) is 14.9. The Labute approximate surface area is 94.8 Å². The van der Waals surface area contributed by atoms with Gasteiger partial charge >= 0.3 is 11.9 Å². The molecule has 0 aliphatic heterocycles. The molecule has 0 saturated carbocycles. The Morgan fingerprint density at radius 2 is 1.69 bits per heavy atom. The fourth-order valence-electron chi connectivity index (χ4n) is 1.23. The summed E-state index contributed by atoms with van der Waals surface area (Å²) in [5.74, 6) is -2.04. The standard InChI is InChI=1S/C10H19NO5/c1-2-5-16-6-3-4-11(7-9(12)13)8-10(14)15/h2-8H2,1H3,(H,12,13)(H,14,15). The van der Waals surface area contributed by atoms with Crippen molar-refractivity contribution in [3.05, 3.63) is 0 Å². The van der Waals surface area contributed by atoms with Gasteiger partial charge in [-0.3, -0.25) is 14.5 Å². The van der Waals surface area contributed by atoms with Crippen molar-refractivity contribution in [3.8, 4) is 0 Å². The van der Waals surface area contributed by atoms with Gasteiger partial charge in [0.1, 0.15) is 0 Å². The third-order valence-electron chi connectivity index (χ3n) is 1.83. The zero-order valence-corrected chi connectivity index (χ0v) is 9.52. The molecule has 0 saturated heterocycles. The molecule has 0 aliphatic rings. The van der Waals surface area contributed by atoms with Gasteiger partial charge in [0, 0.05) is 19.8 Å². The molecule has 0 fully saturated rings. The first-order chi connectivity index (χ1) is 7.56. The molecular weight excluding hydrogens is 214 g/mol. The number of nitrogens with zero attached hydrogens (tertiary/aromatic N) is 1. The summed E-state index contributed by atoms with van der Waals surface area (Å²) in [7, 11) is 0. The van der Waals surface area contributed by atoms with Crippen LogP contribution < -0.4 is 0 Å². The van der Waals surface area contributed by atoms with Crippen LogP contribution in [0.4, 0.5) is 0 Å². The highest BCUT2D eigenvalue weighted by Crippen LogP contribution is 1.93. The maximum atomic E-state index is 10.5. The molecule has 0 rings (SSSR count). The summed E-state index contributed by atoms with van der Waals surface area (Å²) in [4.78, 5) is 22.3. The van der Waals surface area contributed by atoms with Gasteiger partial charge in [-0.2, -0.15) is 0 Å². The van der Waals surface area contributed by atoms with E-state index in [9.17, 15) is 9.59 Å². The van der Waals surface area contributed by atoms with Crippen LogP contribution in [0.15, 0.2) is 0 Å². The lowest BCUT2D eigenvalue weighted by atomic mass is 10.3. The second kappa shape index (κ2) is 9.11. The van der Waals surface area contributed by atoms with Gasteiger partial charge in [0.15, 0.2) is 0 Å². The molecule has 0 aliphatic carbocycles. The summed E-state index contributed by atoms with van der Waals surface area (Å²) in [6.45, 7) is 3.13. The molecule has 0 amide bonds. The third kappa shape index (κ3) is 9.42. The van der Waals surface area contributed by atoms with Crippen LogP contribution in [0.2, 0.25) is 0 Å². The first-order valence-corrected chi connectivity index (χ1v) is 5.30. The molecular formula is C10H19NO5. The minimum atomic E-state index is -1.02.